The van der Waals surface area contributed by atoms with Gasteiger partial charge in [0, 0.05) is 26.2 Å². The third-order valence-corrected chi connectivity index (χ3v) is 6.45. The number of urea groups is 1. The monoisotopic (exact) mass is 368 g/mol. The number of rotatable bonds is 4. The molecule has 1 atom stereocenters. The molecule has 3 amide bonds. The van der Waals surface area contributed by atoms with Crippen molar-refractivity contribution in [2.75, 3.05) is 26.2 Å². The molecule has 0 aliphatic carbocycles. The van der Waals surface area contributed by atoms with Gasteiger partial charge in [-0.3, -0.25) is 15.0 Å². The van der Waals surface area contributed by atoms with Crippen LogP contribution in [-0.2, 0) is 14.8 Å². The van der Waals surface area contributed by atoms with Crippen LogP contribution in [0, 0.1) is 13.8 Å². The Kier molecular flexibility index (Phi) is 5.81. The Morgan fingerprint density at radius 2 is 1.76 bits per heavy atom. The van der Waals surface area contributed by atoms with E-state index in [1.807, 2.05) is 23.2 Å². The molecule has 0 spiro atoms. The number of hydrogen-bond acceptors (Lipinski definition) is 5. The van der Waals surface area contributed by atoms with Crippen molar-refractivity contribution in [3.8, 4) is 0 Å². The number of nitrogens with one attached hydrogen (secondary N) is 1. The average Bonchev–Trinajstić information content (AvgIpc) is 2.55. The van der Waals surface area contributed by atoms with Gasteiger partial charge in [0.1, 0.15) is 0 Å². The van der Waals surface area contributed by atoms with Crippen molar-refractivity contribution in [3.63, 3.8) is 0 Å². The van der Waals surface area contributed by atoms with Crippen molar-refractivity contribution < 1.29 is 18.0 Å². The largest absolute Gasteiger partial charge is 0.351 e. The Hall–Kier alpha value is -1.97. The fraction of sp³-hybridized carbons (Fsp3) is 0.500. The van der Waals surface area contributed by atoms with Crippen LogP contribution in [0.3, 0.4) is 0 Å². The van der Waals surface area contributed by atoms with E-state index < -0.39 is 28.0 Å². The molecule has 0 aromatic heterocycles. The highest BCUT2D eigenvalue weighted by Gasteiger charge is 2.32. The van der Waals surface area contributed by atoms with Gasteiger partial charge >= 0.3 is 6.03 Å². The first-order valence-electron chi connectivity index (χ1n) is 8.04. The quantitative estimate of drug-likeness (QED) is 0.788. The number of carbonyl (C=O) groups is 2. The van der Waals surface area contributed by atoms with Crippen LogP contribution in [0.25, 0.3) is 0 Å². The molecular weight excluding hydrogens is 344 g/mol. The van der Waals surface area contributed by atoms with Gasteiger partial charge in [-0.05, 0) is 38.0 Å². The van der Waals surface area contributed by atoms with Gasteiger partial charge in [0.2, 0.25) is 15.9 Å². The van der Waals surface area contributed by atoms with Gasteiger partial charge in [-0.15, -0.1) is 0 Å². The van der Waals surface area contributed by atoms with E-state index in [1.54, 1.807) is 26.0 Å². The summed E-state index contributed by atoms with van der Waals surface area (Å²) in [6, 6.07) is 3.91. The topological polar surface area (TPSA) is 113 Å². The molecule has 0 radical (unpaired) electrons. The molecule has 0 saturated carbocycles. The van der Waals surface area contributed by atoms with Crippen LogP contribution in [0.2, 0.25) is 0 Å². The molecule has 8 nitrogen and oxygen atoms in total. The summed E-state index contributed by atoms with van der Waals surface area (Å²) in [6.45, 7) is 6.66. The van der Waals surface area contributed by atoms with E-state index in [0.29, 0.717) is 23.5 Å². The second kappa shape index (κ2) is 7.51. The molecule has 3 N–H and O–H groups in total. The minimum atomic E-state index is -3.57. The number of primary amides is 1. The number of benzene rings is 1. The number of carbonyl (C=O) groups excluding carboxylic acids is 2. The van der Waals surface area contributed by atoms with Crippen LogP contribution in [0.4, 0.5) is 4.79 Å². The Balaban J connectivity index is 2.07. The SMILES string of the molecule is Cc1ccc(C)c(S(=O)(=O)N2CCN([C@@H](C)C(=O)NC(N)=O)CC2)c1. The Morgan fingerprint density at radius 1 is 1.16 bits per heavy atom. The average molecular weight is 368 g/mol. The predicted octanol–water partition coefficient (Wildman–Crippen LogP) is 0.193. The summed E-state index contributed by atoms with van der Waals surface area (Å²) in [5, 5.41) is 2.05. The van der Waals surface area contributed by atoms with Crippen LogP contribution in [0.15, 0.2) is 23.1 Å². The highest BCUT2D eigenvalue weighted by atomic mass is 32.2. The maximum absolute atomic E-state index is 12.9. The van der Waals surface area contributed by atoms with Crippen LogP contribution < -0.4 is 11.1 Å². The highest BCUT2D eigenvalue weighted by Crippen LogP contribution is 2.22. The molecule has 1 aliphatic rings. The Labute approximate surface area is 148 Å². The van der Waals surface area contributed by atoms with Crippen molar-refractivity contribution in [2.45, 2.75) is 31.7 Å². The van der Waals surface area contributed by atoms with Gasteiger partial charge in [0.05, 0.1) is 10.9 Å². The maximum Gasteiger partial charge on any atom is 0.318 e. The maximum atomic E-state index is 12.9. The lowest BCUT2D eigenvalue weighted by atomic mass is 10.2. The van der Waals surface area contributed by atoms with Crippen molar-refractivity contribution in [1.82, 2.24) is 14.5 Å². The zero-order valence-corrected chi connectivity index (χ0v) is 15.5. The normalized spacial score (nSPS) is 17.9. The lowest BCUT2D eigenvalue weighted by Crippen LogP contribution is -2.55. The molecule has 138 valence electrons. The van der Waals surface area contributed by atoms with Gasteiger partial charge in [0.25, 0.3) is 0 Å². The Morgan fingerprint density at radius 3 is 2.32 bits per heavy atom. The second-order valence-electron chi connectivity index (χ2n) is 6.24. The van der Waals surface area contributed by atoms with Gasteiger partial charge in [-0.25, -0.2) is 13.2 Å². The number of amides is 3. The number of aryl methyl sites for hydroxylation is 2. The summed E-state index contributed by atoms with van der Waals surface area (Å²) in [6.07, 6.45) is 0. The van der Waals surface area contributed by atoms with E-state index in [9.17, 15) is 18.0 Å². The zero-order valence-electron chi connectivity index (χ0n) is 14.7. The molecule has 1 fully saturated rings. The van der Waals surface area contributed by atoms with Crippen molar-refractivity contribution >= 4 is 22.0 Å². The van der Waals surface area contributed by atoms with Gasteiger partial charge in [-0.1, -0.05) is 12.1 Å². The van der Waals surface area contributed by atoms with Gasteiger partial charge in [0.15, 0.2) is 0 Å². The first-order chi connectivity index (χ1) is 11.6. The van der Waals surface area contributed by atoms with E-state index in [0.717, 1.165) is 5.56 Å². The van der Waals surface area contributed by atoms with Crippen LogP contribution in [0.5, 0.6) is 0 Å². The molecular formula is C16H24N4O4S. The number of piperazine rings is 1. The summed E-state index contributed by atoms with van der Waals surface area (Å²) >= 11 is 0. The van der Waals surface area contributed by atoms with E-state index in [1.165, 1.54) is 4.31 Å². The number of sulfonamides is 1. The fourth-order valence-corrected chi connectivity index (χ4v) is 4.58. The fourth-order valence-electron chi connectivity index (χ4n) is 2.85. The summed E-state index contributed by atoms with van der Waals surface area (Å²) in [5.74, 6) is -0.488. The summed E-state index contributed by atoms with van der Waals surface area (Å²) < 4.78 is 27.2. The van der Waals surface area contributed by atoms with E-state index in [2.05, 4.69) is 0 Å². The van der Waals surface area contributed by atoms with Gasteiger partial charge in [-0.2, -0.15) is 4.31 Å². The molecule has 1 saturated heterocycles. The van der Waals surface area contributed by atoms with Crippen molar-refractivity contribution in [3.05, 3.63) is 29.3 Å². The molecule has 25 heavy (non-hydrogen) atoms. The smallest absolute Gasteiger partial charge is 0.318 e. The molecule has 1 heterocycles. The number of nitrogens with two attached hydrogens (primary N) is 1. The summed E-state index contributed by atoms with van der Waals surface area (Å²) in [7, 11) is -3.57. The summed E-state index contributed by atoms with van der Waals surface area (Å²) in [4.78, 5) is 24.8. The zero-order chi connectivity index (χ0) is 18.8. The molecule has 1 aliphatic heterocycles. The van der Waals surface area contributed by atoms with Crippen molar-refractivity contribution in [1.29, 1.82) is 0 Å². The third-order valence-electron chi connectivity index (χ3n) is 4.41. The van der Waals surface area contributed by atoms with E-state index in [4.69, 9.17) is 5.73 Å². The molecule has 0 bridgehead atoms. The number of imide groups is 1. The third kappa shape index (κ3) is 4.36. The molecule has 9 heteroatoms. The van der Waals surface area contributed by atoms with E-state index in [-0.39, 0.29) is 13.1 Å². The number of nitrogens with zero attached hydrogens (tertiary/aromatic N) is 2. The van der Waals surface area contributed by atoms with Crippen molar-refractivity contribution in [2.24, 2.45) is 5.73 Å². The van der Waals surface area contributed by atoms with E-state index >= 15 is 0 Å². The predicted molar refractivity (Wildman–Crippen MR) is 93.4 cm³/mol. The lowest BCUT2D eigenvalue weighted by molar-refractivity contribution is -0.125. The van der Waals surface area contributed by atoms with Crippen LogP contribution in [-0.4, -0.2) is 61.8 Å². The minimum absolute atomic E-state index is 0.282. The molecule has 0 unspecified atom stereocenters. The molecule has 1 aromatic carbocycles. The second-order valence-corrected chi connectivity index (χ2v) is 8.14. The standard InChI is InChI=1S/C16H24N4O4S/c1-11-4-5-12(2)14(10-11)25(23,24)20-8-6-19(7-9-20)13(3)15(21)18-16(17)22/h4-5,10,13H,6-9H2,1-3H3,(H3,17,18,21,22)/t13-/m0/s1. The van der Waals surface area contributed by atoms with Gasteiger partial charge < -0.3 is 5.73 Å². The lowest BCUT2D eigenvalue weighted by Gasteiger charge is -2.36. The summed E-state index contributed by atoms with van der Waals surface area (Å²) in [5.41, 5.74) is 6.55. The first-order valence-corrected chi connectivity index (χ1v) is 9.48. The van der Waals surface area contributed by atoms with Crippen LogP contribution in [0.1, 0.15) is 18.1 Å². The first kappa shape index (κ1) is 19.4. The highest BCUT2D eigenvalue weighted by molar-refractivity contribution is 7.89. The molecule has 1 aromatic rings. The van der Waals surface area contributed by atoms with Crippen LogP contribution >= 0.6 is 0 Å². The number of hydrogen-bond donors (Lipinski definition) is 2. The minimum Gasteiger partial charge on any atom is -0.351 e. The molecule has 2 rings (SSSR count). The Bertz CT molecular complexity index is 770.